The van der Waals surface area contributed by atoms with E-state index in [-0.39, 0.29) is 5.54 Å². The summed E-state index contributed by atoms with van der Waals surface area (Å²) in [4.78, 5) is 2.66. The molecule has 3 unspecified atom stereocenters. The van der Waals surface area contributed by atoms with E-state index in [0.29, 0.717) is 0 Å². The van der Waals surface area contributed by atoms with E-state index < -0.39 is 0 Å². The lowest BCUT2D eigenvalue weighted by molar-refractivity contribution is 0.0769. The minimum atomic E-state index is -0.00371. The first-order chi connectivity index (χ1) is 7.29. The minimum Gasteiger partial charge on any atom is -0.326 e. The Balaban J connectivity index is 2.35. The molecule has 96 valence electrons. The third kappa shape index (κ3) is 4.42. The summed E-state index contributed by atoms with van der Waals surface area (Å²) in [5, 5.41) is 0. The normalized spacial score (nSPS) is 33.0. The quantitative estimate of drug-likeness (QED) is 0.798. The second-order valence-corrected chi connectivity index (χ2v) is 6.65. The SMILES string of the molecule is CC1CC(C)C(C)N(CCCC(C)(C)N)C1. The topological polar surface area (TPSA) is 29.3 Å². The first kappa shape index (κ1) is 14.0. The summed E-state index contributed by atoms with van der Waals surface area (Å²) in [5.74, 6) is 1.70. The molecule has 0 amide bonds. The van der Waals surface area contributed by atoms with E-state index in [1.165, 1.54) is 25.9 Å². The lowest BCUT2D eigenvalue weighted by Gasteiger charge is -2.41. The van der Waals surface area contributed by atoms with Crippen molar-refractivity contribution in [3.05, 3.63) is 0 Å². The molecule has 0 radical (unpaired) electrons. The molecule has 16 heavy (non-hydrogen) atoms. The maximum Gasteiger partial charge on any atom is 0.00975 e. The molecule has 1 aliphatic heterocycles. The maximum absolute atomic E-state index is 6.02. The van der Waals surface area contributed by atoms with E-state index >= 15 is 0 Å². The molecule has 1 aliphatic rings. The minimum absolute atomic E-state index is 0.00371. The van der Waals surface area contributed by atoms with Crippen LogP contribution in [0.1, 0.15) is 53.9 Å². The molecule has 0 aliphatic carbocycles. The van der Waals surface area contributed by atoms with Crippen molar-refractivity contribution in [2.24, 2.45) is 17.6 Å². The van der Waals surface area contributed by atoms with Crippen LogP contribution in [0, 0.1) is 11.8 Å². The van der Waals surface area contributed by atoms with Gasteiger partial charge in [0.25, 0.3) is 0 Å². The van der Waals surface area contributed by atoms with Crippen LogP contribution in [0.25, 0.3) is 0 Å². The lowest BCUT2D eigenvalue weighted by Crippen LogP contribution is -2.46. The first-order valence-corrected chi connectivity index (χ1v) is 6.82. The van der Waals surface area contributed by atoms with Crippen LogP contribution in [-0.4, -0.2) is 29.6 Å². The van der Waals surface area contributed by atoms with Crippen molar-refractivity contribution in [2.75, 3.05) is 13.1 Å². The highest BCUT2D eigenvalue weighted by molar-refractivity contribution is 4.82. The van der Waals surface area contributed by atoms with Crippen LogP contribution in [0.4, 0.5) is 0 Å². The second-order valence-electron chi connectivity index (χ2n) is 6.65. The van der Waals surface area contributed by atoms with Gasteiger partial charge in [-0.25, -0.2) is 0 Å². The maximum atomic E-state index is 6.02. The van der Waals surface area contributed by atoms with Crippen LogP contribution >= 0.6 is 0 Å². The van der Waals surface area contributed by atoms with Crippen LogP contribution < -0.4 is 5.73 Å². The Hall–Kier alpha value is -0.0800. The Morgan fingerprint density at radius 2 is 1.88 bits per heavy atom. The fourth-order valence-electron chi connectivity index (χ4n) is 2.87. The van der Waals surface area contributed by atoms with E-state index in [9.17, 15) is 0 Å². The van der Waals surface area contributed by atoms with Gasteiger partial charge in [0, 0.05) is 18.1 Å². The average Bonchev–Trinajstić information content (AvgIpc) is 2.11. The Labute approximate surface area is 102 Å². The Bertz CT molecular complexity index is 207. The molecule has 2 heteroatoms. The highest BCUT2D eigenvalue weighted by Crippen LogP contribution is 2.27. The fourth-order valence-corrected chi connectivity index (χ4v) is 2.87. The van der Waals surface area contributed by atoms with Gasteiger partial charge in [0.1, 0.15) is 0 Å². The molecule has 2 nitrogen and oxygen atoms in total. The van der Waals surface area contributed by atoms with E-state index in [1.807, 2.05) is 0 Å². The number of piperidine rings is 1. The highest BCUT2D eigenvalue weighted by Gasteiger charge is 2.28. The van der Waals surface area contributed by atoms with Crippen molar-refractivity contribution in [2.45, 2.75) is 65.5 Å². The van der Waals surface area contributed by atoms with Crippen LogP contribution in [0.15, 0.2) is 0 Å². The monoisotopic (exact) mass is 226 g/mol. The Morgan fingerprint density at radius 3 is 2.44 bits per heavy atom. The summed E-state index contributed by atoms with van der Waals surface area (Å²) in [6, 6.07) is 0.747. The summed E-state index contributed by atoms with van der Waals surface area (Å²) >= 11 is 0. The zero-order chi connectivity index (χ0) is 12.3. The number of likely N-dealkylation sites (tertiary alicyclic amines) is 1. The van der Waals surface area contributed by atoms with Crippen molar-refractivity contribution in [3.63, 3.8) is 0 Å². The van der Waals surface area contributed by atoms with Crippen molar-refractivity contribution in [1.29, 1.82) is 0 Å². The third-order valence-corrected chi connectivity index (χ3v) is 3.99. The Kier molecular flexibility index (Phi) is 4.81. The van der Waals surface area contributed by atoms with Gasteiger partial charge in [0.15, 0.2) is 0 Å². The lowest BCUT2D eigenvalue weighted by atomic mass is 9.85. The van der Waals surface area contributed by atoms with Gasteiger partial charge in [-0.1, -0.05) is 13.8 Å². The van der Waals surface area contributed by atoms with Crippen molar-refractivity contribution < 1.29 is 0 Å². The van der Waals surface area contributed by atoms with Crippen LogP contribution in [-0.2, 0) is 0 Å². The molecule has 2 N–H and O–H groups in total. The molecular formula is C14H30N2. The number of hydrogen-bond acceptors (Lipinski definition) is 2. The predicted octanol–water partition coefficient (Wildman–Crippen LogP) is 2.87. The number of rotatable bonds is 4. The van der Waals surface area contributed by atoms with Crippen LogP contribution in [0.5, 0.6) is 0 Å². The first-order valence-electron chi connectivity index (χ1n) is 6.82. The number of nitrogens with zero attached hydrogens (tertiary/aromatic N) is 1. The van der Waals surface area contributed by atoms with E-state index in [2.05, 4.69) is 39.5 Å². The van der Waals surface area contributed by atoms with E-state index in [4.69, 9.17) is 5.73 Å². The van der Waals surface area contributed by atoms with Gasteiger partial charge in [-0.3, -0.25) is 0 Å². The molecule has 3 atom stereocenters. The van der Waals surface area contributed by atoms with Crippen LogP contribution in [0.2, 0.25) is 0 Å². The van der Waals surface area contributed by atoms with Crippen molar-refractivity contribution in [3.8, 4) is 0 Å². The summed E-state index contributed by atoms with van der Waals surface area (Å²) in [5.41, 5.74) is 6.02. The summed E-state index contributed by atoms with van der Waals surface area (Å²) in [6.07, 6.45) is 3.74. The van der Waals surface area contributed by atoms with Gasteiger partial charge in [0.2, 0.25) is 0 Å². The molecule has 1 fully saturated rings. The van der Waals surface area contributed by atoms with Gasteiger partial charge in [0.05, 0.1) is 0 Å². The molecule has 0 saturated carbocycles. The zero-order valence-electron chi connectivity index (χ0n) is 11.8. The fraction of sp³-hybridized carbons (Fsp3) is 1.00. The average molecular weight is 226 g/mol. The van der Waals surface area contributed by atoms with Gasteiger partial charge >= 0.3 is 0 Å². The number of hydrogen-bond donors (Lipinski definition) is 1. The van der Waals surface area contributed by atoms with Crippen LogP contribution in [0.3, 0.4) is 0 Å². The van der Waals surface area contributed by atoms with E-state index in [0.717, 1.165) is 24.3 Å². The summed E-state index contributed by atoms with van der Waals surface area (Å²) in [7, 11) is 0. The highest BCUT2D eigenvalue weighted by atomic mass is 15.2. The second kappa shape index (κ2) is 5.50. The van der Waals surface area contributed by atoms with E-state index in [1.54, 1.807) is 0 Å². The van der Waals surface area contributed by atoms with Gasteiger partial charge in [-0.2, -0.15) is 0 Å². The molecule has 0 spiro atoms. The van der Waals surface area contributed by atoms with Gasteiger partial charge in [-0.15, -0.1) is 0 Å². The Morgan fingerprint density at radius 1 is 1.25 bits per heavy atom. The largest absolute Gasteiger partial charge is 0.326 e. The van der Waals surface area contributed by atoms with Crippen molar-refractivity contribution >= 4 is 0 Å². The standard InChI is InChI=1S/C14H30N2/c1-11-9-12(2)13(3)16(10-11)8-6-7-14(4,5)15/h11-13H,6-10,15H2,1-5H3. The summed E-state index contributed by atoms with van der Waals surface area (Å²) in [6.45, 7) is 13.9. The van der Waals surface area contributed by atoms with Gasteiger partial charge in [-0.05, 0) is 58.4 Å². The van der Waals surface area contributed by atoms with Crippen molar-refractivity contribution in [1.82, 2.24) is 4.90 Å². The number of nitrogens with two attached hydrogens (primary N) is 1. The molecule has 0 bridgehead atoms. The molecule has 0 aromatic rings. The smallest absolute Gasteiger partial charge is 0.00975 e. The molecule has 1 heterocycles. The molecule has 0 aromatic heterocycles. The molecular weight excluding hydrogens is 196 g/mol. The van der Waals surface area contributed by atoms with Gasteiger partial charge < -0.3 is 10.6 Å². The third-order valence-electron chi connectivity index (χ3n) is 3.99. The predicted molar refractivity (Wildman–Crippen MR) is 71.5 cm³/mol. The molecule has 1 rings (SSSR count). The zero-order valence-corrected chi connectivity index (χ0v) is 11.8. The molecule has 1 saturated heterocycles. The molecule has 0 aromatic carbocycles. The summed E-state index contributed by atoms with van der Waals surface area (Å²) < 4.78 is 0.